The number of hydrogen-bond acceptors (Lipinski definition) is 4. The third-order valence-electron chi connectivity index (χ3n) is 3.99. The van der Waals surface area contributed by atoms with Gasteiger partial charge < -0.3 is 15.0 Å². The van der Waals surface area contributed by atoms with E-state index in [9.17, 15) is 0 Å². The summed E-state index contributed by atoms with van der Waals surface area (Å²) >= 11 is 0. The van der Waals surface area contributed by atoms with Gasteiger partial charge in [-0.3, -0.25) is 4.90 Å². The van der Waals surface area contributed by atoms with Crippen LogP contribution in [0.2, 0.25) is 0 Å². The summed E-state index contributed by atoms with van der Waals surface area (Å²) in [6.45, 7) is 11.3. The lowest BCUT2D eigenvalue weighted by atomic mass is 10.1. The lowest BCUT2D eigenvalue weighted by Gasteiger charge is -2.34. The smallest absolute Gasteiger partial charge is 0.0829 e. The normalized spacial score (nSPS) is 32.1. The number of morpholine rings is 1. The number of hydrogen-bond donors (Lipinski definition) is 1. The molecule has 4 heteroatoms. The van der Waals surface area contributed by atoms with Crippen LogP contribution in [0.1, 0.15) is 13.3 Å². The minimum Gasteiger partial charge on any atom is -0.374 e. The van der Waals surface area contributed by atoms with Crippen molar-refractivity contribution in [3.8, 4) is 0 Å². The van der Waals surface area contributed by atoms with E-state index in [0.29, 0.717) is 6.10 Å². The van der Waals surface area contributed by atoms with Crippen LogP contribution < -0.4 is 5.32 Å². The number of likely N-dealkylation sites (tertiary alicyclic amines) is 1. The molecular weight excluding hydrogens is 214 g/mol. The molecule has 2 aliphatic heterocycles. The fourth-order valence-electron chi connectivity index (χ4n) is 3.00. The van der Waals surface area contributed by atoms with Crippen molar-refractivity contribution in [2.75, 3.05) is 59.5 Å². The molecule has 0 spiro atoms. The second-order valence-corrected chi connectivity index (χ2v) is 5.36. The van der Waals surface area contributed by atoms with Crippen LogP contribution in [0, 0.1) is 5.92 Å². The van der Waals surface area contributed by atoms with Gasteiger partial charge in [0.1, 0.15) is 0 Å². The summed E-state index contributed by atoms with van der Waals surface area (Å²) in [5.74, 6) is 0.839. The standard InChI is InChI=1S/C13H27N3O/c1-3-15-6-7-17-13(10-15)11-16-5-4-12(9-16)8-14-2/h12-14H,3-11H2,1-2H3. The second-order valence-electron chi connectivity index (χ2n) is 5.36. The van der Waals surface area contributed by atoms with E-state index in [1.165, 1.54) is 19.5 Å². The average Bonchev–Trinajstić information content (AvgIpc) is 2.77. The Bertz CT molecular complexity index is 225. The molecular formula is C13H27N3O. The van der Waals surface area contributed by atoms with Crippen LogP contribution in [-0.4, -0.2) is 75.4 Å². The molecule has 2 unspecified atom stereocenters. The van der Waals surface area contributed by atoms with Gasteiger partial charge in [-0.2, -0.15) is 0 Å². The Kier molecular flexibility index (Phi) is 5.22. The van der Waals surface area contributed by atoms with Crippen molar-refractivity contribution in [3.63, 3.8) is 0 Å². The van der Waals surface area contributed by atoms with E-state index in [2.05, 4.69) is 22.0 Å². The topological polar surface area (TPSA) is 27.7 Å². The first-order valence-corrected chi connectivity index (χ1v) is 7.02. The summed E-state index contributed by atoms with van der Waals surface area (Å²) in [6.07, 6.45) is 1.77. The van der Waals surface area contributed by atoms with Crippen LogP contribution in [-0.2, 0) is 4.74 Å². The first-order valence-electron chi connectivity index (χ1n) is 7.02. The number of ether oxygens (including phenoxy) is 1. The largest absolute Gasteiger partial charge is 0.374 e. The summed E-state index contributed by atoms with van der Waals surface area (Å²) in [7, 11) is 2.05. The highest BCUT2D eigenvalue weighted by Gasteiger charge is 2.26. The predicted octanol–water partition coefficient (Wildman–Crippen LogP) is 0.248. The van der Waals surface area contributed by atoms with Gasteiger partial charge in [-0.25, -0.2) is 0 Å². The maximum absolute atomic E-state index is 5.87. The Hall–Kier alpha value is -0.160. The second kappa shape index (κ2) is 6.69. The molecule has 2 aliphatic rings. The third-order valence-corrected chi connectivity index (χ3v) is 3.99. The zero-order valence-electron chi connectivity index (χ0n) is 11.3. The molecule has 2 saturated heterocycles. The van der Waals surface area contributed by atoms with Crippen LogP contribution in [0.25, 0.3) is 0 Å². The van der Waals surface area contributed by atoms with Gasteiger partial charge in [-0.05, 0) is 39.0 Å². The summed E-state index contributed by atoms with van der Waals surface area (Å²) in [5, 5.41) is 3.28. The molecule has 0 bridgehead atoms. The predicted molar refractivity (Wildman–Crippen MR) is 70.3 cm³/mol. The van der Waals surface area contributed by atoms with E-state index < -0.39 is 0 Å². The number of likely N-dealkylation sites (N-methyl/N-ethyl adjacent to an activating group) is 1. The Morgan fingerprint density at radius 1 is 1.24 bits per heavy atom. The molecule has 0 saturated carbocycles. The van der Waals surface area contributed by atoms with E-state index in [-0.39, 0.29) is 0 Å². The fourth-order valence-corrected chi connectivity index (χ4v) is 3.00. The molecule has 100 valence electrons. The molecule has 4 nitrogen and oxygen atoms in total. The number of nitrogens with one attached hydrogen (secondary N) is 1. The molecule has 0 aromatic carbocycles. The molecule has 17 heavy (non-hydrogen) atoms. The van der Waals surface area contributed by atoms with Gasteiger partial charge in [-0.15, -0.1) is 0 Å². The molecule has 0 radical (unpaired) electrons. The summed E-state index contributed by atoms with van der Waals surface area (Å²) in [4.78, 5) is 5.07. The summed E-state index contributed by atoms with van der Waals surface area (Å²) in [5.41, 5.74) is 0. The zero-order valence-corrected chi connectivity index (χ0v) is 11.3. The van der Waals surface area contributed by atoms with E-state index in [1.807, 2.05) is 7.05 Å². The molecule has 2 atom stereocenters. The van der Waals surface area contributed by atoms with E-state index in [4.69, 9.17) is 4.74 Å². The molecule has 2 fully saturated rings. The zero-order chi connectivity index (χ0) is 12.1. The Balaban J connectivity index is 1.70. The van der Waals surface area contributed by atoms with Crippen LogP contribution in [0.4, 0.5) is 0 Å². The SMILES string of the molecule is CCN1CCOC(CN2CCC(CNC)C2)C1. The molecule has 0 aliphatic carbocycles. The van der Waals surface area contributed by atoms with Gasteiger partial charge in [0.25, 0.3) is 0 Å². The maximum Gasteiger partial charge on any atom is 0.0829 e. The molecule has 2 heterocycles. The molecule has 0 aromatic heterocycles. The maximum atomic E-state index is 5.87. The van der Waals surface area contributed by atoms with Gasteiger partial charge in [0, 0.05) is 26.2 Å². The van der Waals surface area contributed by atoms with Gasteiger partial charge in [0.05, 0.1) is 12.7 Å². The van der Waals surface area contributed by atoms with E-state index >= 15 is 0 Å². The first kappa shape index (κ1) is 13.3. The monoisotopic (exact) mass is 241 g/mol. The van der Waals surface area contributed by atoms with Crippen molar-refractivity contribution in [2.45, 2.75) is 19.4 Å². The van der Waals surface area contributed by atoms with Crippen LogP contribution >= 0.6 is 0 Å². The van der Waals surface area contributed by atoms with Crippen LogP contribution in [0.5, 0.6) is 0 Å². The van der Waals surface area contributed by atoms with Gasteiger partial charge in [0.2, 0.25) is 0 Å². The molecule has 0 aromatic rings. The van der Waals surface area contributed by atoms with Crippen LogP contribution in [0.3, 0.4) is 0 Å². The first-order chi connectivity index (χ1) is 8.31. The molecule has 2 rings (SSSR count). The lowest BCUT2D eigenvalue weighted by Crippen LogP contribution is -2.47. The van der Waals surface area contributed by atoms with Crippen molar-refractivity contribution in [3.05, 3.63) is 0 Å². The third kappa shape index (κ3) is 3.91. The van der Waals surface area contributed by atoms with Crippen molar-refractivity contribution in [1.29, 1.82) is 0 Å². The minimum absolute atomic E-state index is 0.428. The Labute approximate surface area is 105 Å². The highest BCUT2D eigenvalue weighted by molar-refractivity contribution is 4.81. The highest BCUT2D eigenvalue weighted by atomic mass is 16.5. The van der Waals surface area contributed by atoms with Crippen molar-refractivity contribution in [2.24, 2.45) is 5.92 Å². The number of nitrogens with zero attached hydrogens (tertiary/aromatic N) is 2. The quantitative estimate of drug-likeness (QED) is 0.747. The van der Waals surface area contributed by atoms with Gasteiger partial charge >= 0.3 is 0 Å². The van der Waals surface area contributed by atoms with E-state index in [1.54, 1.807) is 0 Å². The summed E-state index contributed by atoms with van der Waals surface area (Å²) < 4.78 is 5.87. The Morgan fingerprint density at radius 2 is 2.12 bits per heavy atom. The highest BCUT2D eigenvalue weighted by Crippen LogP contribution is 2.17. The van der Waals surface area contributed by atoms with Crippen molar-refractivity contribution >= 4 is 0 Å². The van der Waals surface area contributed by atoms with Crippen molar-refractivity contribution < 1.29 is 4.74 Å². The fraction of sp³-hybridized carbons (Fsp3) is 1.00. The average molecular weight is 241 g/mol. The van der Waals surface area contributed by atoms with E-state index in [0.717, 1.165) is 45.2 Å². The van der Waals surface area contributed by atoms with Crippen LogP contribution in [0.15, 0.2) is 0 Å². The van der Waals surface area contributed by atoms with Gasteiger partial charge in [0.15, 0.2) is 0 Å². The minimum atomic E-state index is 0.428. The molecule has 1 N–H and O–H groups in total. The number of rotatable bonds is 5. The van der Waals surface area contributed by atoms with Crippen molar-refractivity contribution in [1.82, 2.24) is 15.1 Å². The molecule has 0 amide bonds. The lowest BCUT2D eigenvalue weighted by molar-refractivity contribution is -0.0395. The Morgan fingerprint density at radius 3 is 2.88 bits per heavy atom. The van der Waals surface area contributed by atoms with Gasteiger partial charge in [-0.1, -0.05) is 6.92 Å². The summed E-state index contributed by atoms with van der Waals surface area (Å²) in [6, 6.07) is 0.